The Balaban J connectivity index is 2.57. The molecule has 5 nitrogen and oxygen atoms in total. The van der Waals surface area contributed by atoms with E-state index in [-0.39, 0.29) is 12.0 Å². The van der Waals surface area contributed by atoms with Crippen LogP contribution in [0.5, 0.6) is 0 Å². The van der Waals surface area contributed by atoms with Crippen LogP contribution in [-0.4, -0.2) is 47.4 Å². The molecule has 2 unspecified atom stereocenters. The molecule has 0 saturated carbocycles. The molecule has 1 saturated heterocycles. The molecule has 1 heterocycles. The second kappa shape index (κ2) is 5.69. The third-order valence-corrected chi connectivity index (χ3v) is 2.91. The van der Waals surface area contributed by atoms with Crippen LogP contribution in [0.15, 0.2) is 0 Å². The Labute approximate surface area is 103 Å². The number of carbonyl (C=O) groups is 1. The lowest BCUT2D eigenvalue weighted by atomic mass is 9.98. The summed E-state index contributed by atoms with van der Waals surface area (Å²) in [4.78, 5) is 13.4. The van der Waals surface area contributed by atoms with Crippen LogP contribution in [0.2, 0.25) is 0 Å². The van der Waals surface area contributed by atoms with Gasteiger partial charge in [-0.15, -0.1) is 0 Å². The third kappa shape index (κ3) is 4.52. The van der Waals surface area contributed by atoms with Crippen LogP contribution in [0.25, 0.3) is 0 Å². The lowest BCUT2D eigenvalue weighted by molar-refractivity contribution is 0.0136. The van der Waals surface area contributed by atoms with Crippen LogP contribution in [0.4, 0.5) is 4.79 Å². The molecule has 0 aromatic rings. The van der Waals surface area contributed by atoms with Crippen molar-refractivity contribution in [3.63, 3.8) is 0 Å². The largest absolute Gasteiger partial charge is 0.444 e. The summed E-state index contributed by atoms with van der Waals surface area (Å²) in [5.74, 6) is 0.0856. The molecular formula is C12H24N2O3. The van der Waals surface area contributed by atoms with Crippen LogP contribution >= 0.6 is 0 Å². The molecule has 1 aliphatic rings. The zero-order valence-electron chi connectivity index (χ0n) is 11.0. The van der Waals surface area contributed by atoms with Gasteiger partial charge < -0.3 is 20.5 Å². The lowest BCUT2D eigenvalue weighted by Gasteiger charge is -2.28. The molecule has 100 valence electrons. The van der Waals surface area contributed by atoms with Crippen molar-refractivity contribution in [2.45, 2.75) is 45.3 Å². The van der Waals surface area contributed by atoms with Crippen molar-refractivity contribution in [3.8, 4) is 0 Å². The first kappa shape index (κ1) is 14.3. The smallest absolute Gasteiger partial charge is 0.410 e. The molecule has 5 heteroatoms. The van der Waals surface area contributed by atoms with Crippen molar-refractivity contribution in [1.82, 2.24) is 4.90 Å². The Hall–Kier alpha value is -0.810. The monoisotopic (exact) mass is 244 g/mol. The van der Waals surface area contributed by atoms with Crippen LogP contribution in [0.3, 0.4) is 0 Å². The number of hydrogen-bond donors (Lipinski definition) is 2. The Kier molecular flexibility index (Phi) is 4.77. The number of nitrogens with zero attached hydrogens (tertiary/aromatic N) is 1. The van der Waals surface area contributed by atoms with E-state index in [2.05, 4.69) is 0 Å². The Morgan fingerprint density at radius 2 is 2.18 bits per heavy atom. The van der Waals surface area contributed by atoms with Gasteiger partial charge in [0.15, 0.2) is 0 Å². The number of β-amino-alcohol motifs (C(OH)–C–C–N with tert-alkyl or cyclic N) is 1. The van der Waals surface area contributed by atoms with Gasteiger partial charge in [-0.2, -0.15) is 0 Å². The highest BCUT2D eigenvalue weighted by atomic mass is 16.6. The minimum absolute atomic E-state index is 0.0856. The molecule has 0 aliphatic carbocycles. The van der Waals surface area contributed by atoms with Gasteiger partial charge in [0, 0.05) is 6.54 Å². The molecule has 0 aromatic carbocycles. The van der Waals surface area contributed by atoms with Crippen molar-refractivity contribution in [1.29, 1.82) is 0 Å². The maximum absolute atomic E-state index is 11.9. The molecule has 3 N–H and O–H groups in total. The fourth-order valence-corrected chi connectivity index (χ4v) is 1.97. The Morgan fingerprint density at radius 3 is 2.71 bits per heavy atom. The van der Waals surface area contributed by atoms with Crippen molar-refractivity contribution in [2.24, 2.45) is 11.7 Å². The minimum Gasteiger partial charge on any atom is -0.444 e. The second-order valence-corrected chi connectivity index (χ2v) is 5.63. The summed E-state index contributed by atoms with van der Waals surface area (Å²) in [7, 11) is 0. The normalized spacial score (nSPS) is 26.5. The molecule has 0 aromatic heterocycles. The standard InChI is InChI=1S/C12H24N2O3/c1-12(2,3)17-11(16)14-6-4-5-9(7-13)10(15)8-14/h9-10,15H,4-8,13H2,1-3H3. The highest BCUT2D eigenvalue weighted by Gasteiger charge is 2.29. The first-order valence-corrected chi connectivity index (χ1v) is 6.19. The number of carbonyl (C=O) groups excluding carboxylic acids is 1. The van der Waals surface area contributed by atoms with Crippen LogP contribution in [0, 0.1) is 5.92 Å². The summed E-state index contributed by atoms with van der Waals surface area (Å²) in [6, 6.07) is 0. The zero-order chi connectivity index (χ0) is 13.1. The van der Waals surface area contributed by atoms with E-state index >= 15 is 0 Å². The Bertz CT molecular complexity index is 263. The van der Waals surface area contributed by atoms with Gasteiger partial charge in [0.25, 0.3) is 0 Å². The average molecular weight is 244 g/mol. The second-order valence-electron chi connectivity index (χ2n) is 5.63. The molecule has 1 aliphatic heterocycles. The van der Waals surface area contributed by atoms with Crippen LogP contribution in [-0.2, 0) is 4.74 Å². The molecule has 0 radical (unpaired) electrons. The van der Waals surface area contributed by atoms with Crippen molar-refractivity contribution >= 4 is 6.09 Å². The van der Waals surface area contributed by atoms with E-state index in [1.54, 1.807) is 4.90 Å². The van der Waals surface area contributed by atoms with E-state index in [4.69, 9.17) is 10.5 Å². The van der Waals surface area contributed by atoms with E-state index in [1.165, 1.54) is 0 Å². The lowest BCUT2D eigenvalue weighted by Crippen LogP contribution is -2.42. The van der Waals surface area contributed by atoms with Crippen LogP contribution in [0.1, 0.15) is 33.6 Å². The third-order valence-electron chi connectivity index (χ3n) is 2.91. The van der Waals surface area contributed by atoms with Gasteiger partial charge in [0.2, 0.25) is 0 Å². The fourth-order valence-electron chi connectivity index (χ4n) is 1.97. The number of likely N-dealkylation sites (tertiary alicyclic amines) is 1. The molecule has 2 atom stereocenters. The average Bonchev–Trinajstić information content (AvgIpc) is 2.37. The van der Waals surface area contributed by atoms with Gasteiger partial charge in [0.1, 0.15) is 5.60 Å². The van der Waals surface area contributed by atoms with E-state index in [9.17, 15) is 9.90 Å². The van der Waals surface area contributed by atoms with Gasteiger partial charge >= 0.3 is 6.09 Å². The van der Waals surface area contributed by atoms with Crippen molar-refractivity contribution in [2.75, 3.05) is 19.6 Å². The first-order valence-electron chi connectivity index (χ1n) is 6.19. The molecule has 1 amide bonds. The van der Waals surface area contributed by atoms with Crippen LogP contribution < -0.4 is 5.73 Å². The summed E-state index contributed by atoms with van der Waals surface area (Å²) in [5.41, 5.74) is 5.09. The summed E-state index contributed by atoms with van der Waals surface area (Å²) in [5, 5.41) is 9.94. The van der Waals surface area contributed by atoms with E-state index in [1.807, 2.05) is 20.8 Å². The molecule has 1 fully saturated rings. The van der Waals surface area contributed by atoms with Crippen molar-refractivity contribution in [3.05, 3.63) is 0 Å². The molecular weight excluding hydrogens is 220 g/mol. The fraction of sp³-hybridized carbons (Fsp3) is 0.917. The number of ether oxygens (including phenoxy) is 1. The number of amides is 1. The minimum atomic E-state index is -0.546. The van der Waals surface area contributed by atoms with Crippen molar-refractivity contribution < 1.29 is 14.6 Å². The number of aliphatic hydroxyl groups is 1. The summed E-state index contributed by atoms with van der Waals surface area (Å²) in [6.45, 7) is 6.91. The molecule has 0 bridgehead atoms. The van der Waals surface area contributed by atoms with E-state index in [0.717, 1.165) is 12.8 Å². The number of aliphatic hydroxyl groups excluding tert-OH is 1. The maximum Gasteiger partial charge on any atom is 0.410 e. The quantitative estimate of drug-likeness (QED) is 0.720. The number of rotatable bonds is 1. The molecule has 1 rings (SSSR count). The molecule has 0 spiro atoms. The summed E-state index contributed by atoms with van der Waals surface area (Å²) in [6.07, 6.45) is 0.819. The van der Waals surface area contributed by atoms with Gasteiger partial charge in [-0.3, -0.25) is 0 Å². The summed E-state index contributed by atoms with van der Waals surface area (Å²) < 4.78 is 5.29. The predicted octanol–water partition coefficient (Wildman–Crippen LogP) is 0.953. The van der Waals surface area contributed by atoms with Gasteiger partial charge in [0.05, 0.1) is 12.6 Å². The van der Waals surface area contributed by atoms with E-state index in [0.29, 0.717) is 19.6 Å². The number of hydrogen-bond acceptors (Lipinski definition) is 4. The predicted molar refractivity (Wildman–Crippen MR) is 65.6 cm³/mol. The summed E-state index contributed by atoms with van der Waals surface area (Å²) >= 11 is 0. The Morgan fingerprint density at radius 1 is 1.53 bits per heavy atom. The first-order chi connectivity index (χ1) is 7.83. The number of nitrogens with two attached hydrogens (primary N) is 1. The van der Waals surface area contributed by atoms with E-state index < -0.39 is 11.7 Å². The van der Waals surface area contributed by atoms with Gasteiger partial charge in [-0.1, -0.05) is 0 Å². The highest BCUT2D eigenvalue weighted by Crippen LogP contribution is 2.19. The van der Waals surface area contributed by atoms with Gasteiger partial charge in [-0.25, -0.2) is 4.79 Å². The SMILES string of the molecule is CC(C)(C)OC(=O)N1CCCC(CN)C(O)C1. The highest BCUT2D eigenvalue weighted by molar-refractivity contribution is 5.68. The maximum atomic E-state index is 11.9. The topological polar surface area (TPSA) is 75.8 Å². The zero-order valence-corrected chi connectivity index (χ0v) is 11.0. The van der Waals surface area contributed by atoms with Gasteiger partial charge in [-0.05, 0) is 46.1 Å². The molecule has 17 heavy (non-hydrogen) atoms.